The third kappa shape index (κ3) is 17.9. The molecule has 0 heterocycles. The van der Waals surface area contributed by atoms with E-state index in [1.165, 1.54) is 32.1 Å². The Kier molecular flexibility index (Phi) is 24.2. The molecule has 0 aliphatic carbocycles. The van der Waals surface area contributed by atoms with Gasteiger partial charge in [0.1, 0.15) is 26.2 Å². The molecule has 8 nitrogen and oxygen atoms in total. The van der Waals surface area contributed by atoms with E-state index in [9.17, 15) is 20.4 Å². The zero-order chi connectivity index (χ0) is 47.1. The first kappa shape index (κ1) is 62.0. The van der Waals surface area contributed by atoms with Crippen LogP contribution in [0.3, 0.4) is 0 Å². The minimum atomic E-state index is -0.00285. The predicted octanol–water partition coefficient (Wildman–Crippen LogP) is 8.62. The van der Waals surface area contributed by atoms with Crippen molar-refractivity contribution in [2.24, 2.45) is 0 Å². The standard InChI is InChI=1S/2C28H43NO2.2O.U/c2*1-10-11-12-29(17-21-15-23(27(4,5)6)13-19(2)25(21)30)18-22-16-24(28(7,8)9)14-20(3)26(22)31;;;/h2*13-16,30-31H,10-12,17-18H2,1-9H3;;;/q;;2*-2;/p-2. The van der Waals surface area contributed by atoms with Gasteiger partial charge in [-0.25, -0.2) is 0 Å². The van der Waals surface area contributed by atoms with E-state index in [2.05, 4.69) is 121 Å². The van der Waals surface area contributed by atoms with Crippen LogP contribution in [-0.4, -0.2) is 13.1 Å². The summed E-state index contributed by atoms with van der Waals surface area (Å²) in [5, 5.41) is 51.8. The van der Waals surface area contributed by atoms with Crippen LogP contribution < -0.4 is 30.2 Å². The van der Waals surface area contributed by atoms with E-state index < -0.39 is 0 Å². The Balaban J connectivity index is 0.00000120. The topological polar surface area (TPSA) is 158 Å². The molecule has 0 aliphatic rings. The Morgan fingerprint density at radius 1 is 0.369 bits per heavy atom. The van der Waals surface area contributed by atoms with Gasteiger partial charge in [0.05, 0.1) is 13.1 Å². The molecule has 4 aromatic carbocycles. The fraction of sp³-hybridized carbons (Fsp3) is 0.571. The Bertz CT molecular complexity index is 1820. The molecular formula is C56H84N2O6U-6. The summed E-state index contributed by atoms with van der Waals surface area (Å²) in [6.07, 6.45) is 4.35. The maximum absolute atomic E-state index is 12.9. The first-order chi connectivity index (χ1) is 28.5. The summed E-state index contributed by atoms with van der Waals surface area (Å²) >= 11 is 0. The summed E-state index contributed by atoms with van der Waals surface area (Å²) < 4.78 is 0. The zero-order valence-electron chi connectivity index (χ0n) is 43.6. The second kappa shape index (κ2) is 25.4. The molecule has 4 aromatic rings. The molecule has 0 atom stereocenters. The molecule has 0 aromatic heterocycles. The quantitative estimate of drug-likeness (QED) is 0.130. The number of quaternary nitrogens is 2. The Morgan fingerprint density at radius 3 is 0.708 bits per heavy atom. The summed E-state index contributed by atoms with van der Waals surface area (Å²) in [5.41, 5.74) is 11.5. The van der Waals surface area contributed by atoms with Crippen LogP contribution in [0.4, 0.5) is 0 Å². The van der Waals surface area contributed by atoms with Crippen molar-refractivity contribution in [1.29, 1.82) is 0 Å². The number of unbranched alkanes of at least 4 members (excludes halogenated alkanes) is 2. The van der Waals surface area contributed by atoms with Gasteiger partial charge in [0, 0.05) is 31.1 Å². The van der Waals surface area contributed by atoms with Crippen LogP contribution in [0.2, 0.25) is 0 Å². The molecular weight excluding hydrogens is 1030 g/mol. The smallest absolute Gasteiger partial charge is 0.102 e. The number of hydrogen-bond donors (Lipinski definition) is 2. The van der Waals surface area contributed by atoms with Gasteiger partial charge in [-0.1, -0.05) is 204 Å². The van der Waals surface area contributed by atoms with Crippen molar-refractivity contribution in [2.45, 2.75) is 198 Å². The average molecular weight is 1120 g/mol. The van der Waals surface area contributed by atoms with Crippen LogP contribution in [0.25, 0.3) is 0 Å². The maximum atomic E-state index is 12.9. The zero-order valence-corrected chi connectivity index (χ0v) is 47.8. The van der Waals surface area contributed by atoms with Crippen LogP contribution in [0.1, 0.15) is 189 Å². The van der Waals surface area contributed by atoms with Gasteiger partial charge in [-0.15, -0.1) is 0 Å². The van der Waals surface area contributed by atoms with Crippen LogP contribution in [-0.2, 0) is 58.8 Å². The van der Waals surface area contributed by atoms with Crippen LogP contribution in [0, 0.1) is 58.8 Å². The van der Waals surface area contributed by atoms with Crippen molar-refractivity contribution in [3.05, 3.63) is 115 Å². The summed E-state index contributed by atoms with van der Waals surface area (Å²) in [7, 11) is 0. The average Bonchev–Trinajstić information content (AvgIpc) is 3.15. The number of nitrogens with one attached hydrogen (secondary N) is 2. The molecule has 364 valence electrons. The molecule has 65 heavy (non-hydrogen) atoms. The van der Waals surface area contributed by atoms with E-state index in [1.54, 1.807) is 0 Å². The number of hydrogen-bond acceptors (Lipinski definition) is 4. The van der Waals surface area contributed by atoms with Crippen LogP contribution in [0.15, 0.2) is 48.5 Å². The molecule has 0 unspecified atom stereocenters. The van der Waals surface area contributed by atoms with E-state index in [-0.39, 0.29) is 86.7 Å². The normalized spacial score (nSPS) is 12.0. The monoisotopic (exact) mass is 1120 g/mol. The van der Waals surface area contributed by atoms with Gasteiger partial charge in [0.15, 0.2) is 0 Å². The van der Waals surface area contributed by atoms with Gasteiger partial charge in [-0.3, -0.25) is 0 Å². The van der Waals surface area contributed by atoms with Gasteiger partial charge < -0.3 is 41.2 Å². The number of aryl methyl sites for hydroxylation is 4. The summed E-state index contributed by atoms with van der Waals surface area (Å²) in [5.74, 6) is 0.570. The number of rotatable bonds is 14. The summed E-state index contributed by atoms with van der Waals surface area (Å²) in [6.45, 7) is 42.7. The van der Waals surface area contributed by atoms with Crippen molar-refractivity contribution in [3.63, 3.8) is 0 Å². The molecule has 0 bridgehead atoms. The first-order valence-electron chi connectivity index (χ1n) is 23.4. The minimum absolute atomic E-state index is 0. The van der Waals surface area contributed by atoms with Crippen molar-refractivity contribution < 1.29 is 72.3 Å². The molecule has 2 N–H and O–H groups in total. The van der Waals surface area contributed by atoms with E-state index in [0.29, 0.717) is 26.2 Å². The predicted molar refractivity (Wildman–Crippen MR) is 255 cm³/mol. The molecule has 0 aliphatic heterocycles. The third-order valence-corrected chi connectivity index (χ3v) is 12.4. The van der Waals surface area contributed by atoms with E-state index >= 15 is 0 Å². The van der Waals surface area contributed by atoms with E-state index in [4.69, 9.17) is 0 Å². The number of benzene rings is 4. The second-order valence-corrected chi connectivity index (χ2v) is 22.5. The summed E-state index contributed by atoms with van der Waals surface area (Å²) in [6, 6.07) is 16.5. The molecule has 0 fully saturated rings. The Morgan fingerprint density at radius 2 is 0.554 bits per heavy atom. The van der Waals surface area contributed by atoms with Crippen molar-refractivity contribution >= 4 is 0 Å². The molecule has 0 amide bonds. The van der Waals surface area contributed by atoms with E-state index in [0.717, 1.165) is 83.3 Å². The molecule has 0 saturated heterocycles. The summed E-state index contributed by atoms with van der Waals surface area (Å²) in [4.78, 5) is 2.57. The van der Waals surface area contributed by atoms with Crippen molar-refractivity contribution in [2.75, 3.05) is 13.1 Å². The van der Waals surface area contributed by atoms with Crippen LogP contribution in [0.5, 0.6) is 23.0 Å². The molecule has 0 radical (unpaired) electrons. The second-order valence-electron chi connectivity index (χ2n) is 22.5. The SMILES string of the molecule is CCCC[NH+](Cc1cc(C(C)(C)C)cc(C)c1[O-])Cc1cc(C(C)(C)C)cc(C)c1[O-].CCCC[NH+](Cc1cc(C(C)(C)C)cc(C)c1[O-])Cc1cc(C(C)(C)C)cc(C)c1[O-].[O-2].[O-2].[U]. The van der Waals surface area contributed by atoms with Crippen LogP contribution >= 0.6 is 0 Å². The third-order valence-electron chi connectivity index (χ3n) is 12.4. The molecule has 0 saturated carbocycles. The van der Waals surface area contributed by atoms with Crippen molar-refractivity contribution in [1.82, 2.24) is 0 Å². The van der Waals surface area contributed by atoms with Crippen molar-refractivity contribution in [3.8, 4) is 23.0 Å². The van der Waals surface area contributed by atoms with Gasteiger partial charge in [0.2, 0.25) is 0 Å². The first-order valence-corrected chi connectivity index (χ1v) is 23.4. The molecule has 9 heteroatoms. The largest absolute Gasteiger partial charge is 2.00 e. The fourth-order valence-corrected chi connectivity index (χ4v) is 8.05. The van der Waals surface area contributed by atoms with Gasteiger partial charge in [-0.05, 0) is 107 Å². The fourth-order valence-electron chi connectivity index (χ4n) is 8.05. The van der Waals surface area contributed by atoms with E-state index in [1.807, 2.05) is 52.0 Å². The molecule has 0 spiro atoms. The minimum Gasteiger partial charge on any atom is -2.00 e. The Hall–Kier alpha value is -3.03. The Labute approximate surface area is 419 Å². The van der Waals surface area contributed by atoms with Gasteiger partial charge in [0.25, 0.3) is 0 Å². The maximum Gasteiger partial charge on any atom is 0.102 e. The van der Waals surface area contributed by atoms with Gasteiger partial charge >= 0.3 is 0 Å². The molecule has 4 rings (SSSR count). The van der Waals surface area contributed by atoms with Gasteiger partial charge in [-0.2, -0.15) is 0 Å².